The van der Waals surface area contributed by atoms with Gasteiger partial charge in [0.05, 0.1) is 24.3 Å². The normalized spacial score (nSPS) is 20.5. The number of carboxylic acids is 2. The SMILES string of the molecule is CCCN(Cc1ccc(Oc2ccccc2)s1)C(=O)C1CC(C(=O)O)C1C(=O)O. The molecule has 29 heavy (non-hydrogen) atoms. The zero-order valence-corrected chi connectivity index (χ0v) is 16.8. The van der Waals surface area contributed by atoms with Crippen molar-refractivity contribution in [2.24, 2.45) is 17.8 Å². The van der Waals surface area contributed by atoms with Gasteiger partial charge in [-0.3, -0.25) is 14.4 Å². The minimum atomic E-state index is -1.23. The molecule has 0 aliphatic heterocycles. The fourth-order valence-corrected chi connectivity index (χ4v) is 4.46. The summed E-state index contributed by atoms with van der Waals surface area (Å²) in [5.41, 5.74) is 0. The third-order valence-corrected chi connectivity index (χ3v) is 5.99. The number of ether oxygens (including phenoxy) is 1. The van der Waals surface area contributed by atoms with Gasteiger partial charge in [0.1, 0.15) is 5.75 Å². The molecule has 3 unspecified atom stereocenters. The van der Waals surface area contributed by atoms with Crippen molar-refractivity contribution in [3.05, 3.63) is 47.3 Å². The summed E-state index contributed by atoms with van der Waals surface area (Å²) in [7, 11) is 0. The van der Waals surface area contributed by atoms with Crippen molar-refractivity contribution < 1.29 is 29.3 Å². The molecule has 2 N–H and O–H groups in total. The van der Waals surface area contributed by atoms with Gasteiger partial charge in [-0.1, -0.05) is 25.1 Å². The summed E-state index contributed by atoms with van der Waals surface area (Å²) in [4.78, 5) is 38.2. The molecule has 0 radical (unpaired) electrons. The second-order valence-corrected chi connectivity index (χ2v) is 8.18. The number of carbonyl (C=O) groups excluding carboxylic acids is 1. The molecule has 8 heteroatoms. The molecule has 3 atom stereocenters. The molecular weight excluding hydrogens is 394 g/mol. The molecule has 1 aromatic heterocycles. The number of hydrogen-bond acceptors (Lipinski definition) is 5. The van der Waals surface area contributed by atoms with Crippen LogP contribution in [0.4, 0.5) is 0 Å². The average molecular weight is 417 g/mol. The minimum absolute atomic E-state index is 0.0676. The highest BCUT2D eigenvalue weighted by molar-refractivity contribution is 7.13. The lowest BCUT2D eigenvalue weighted by Crippen LogP contribution is -2.53. The fraction of sp³-hybridized carbons (Fsp3) is 0.381. The Hall–Kier alpha value is -2.87. The lowest BCUT2D eigenvalue weighted by atomic mass is 9.64. The van der Waals surface area contributed by atoms with Crippen LogP contribution < -0.4 is 4.74 Å². The Bertz CT molecular complexity index is 880. The smallest absolute Gasteiger partial charge is 0.308 e. The number of hydrogen-bond donors (Lipinski definition) is 2. The largest absolute Gasteiger partial charge is 0.481 e. The van der Waals surface area contributed by atoms with E-state index < -0.39 is 29.7 Å². The van der Waals surface area contributed by atoms with Gasteiger partial charge in [-0.2, -0.15) is 0 Å². The molecule has 0 spiro atoms. The standard InChI is InChI=1S/C21H23NO6S/c1-2-10-22(19(23)15-11-16(20(24)25)18(15)21(26)27)12-14-8-9-17(29-14)28-13-6-4-3-5-7-13/h3-9,15-16,18H,2,10-12H2,1H3,(H,24,25)(H,26,27). The molecule has 0 saturated heterocycles. The van der Waals surface area contributed by atoms with Crippen molar-refractivity contribution in [3.8, 4) is 10.8 Å². The quantitative estimate of drug-likeness (QED) is 0.645. The van der Waals surface area contributed by atoms with Gasteiger partial charge < -0.3 is 19.8 Å². The number of para-hydroxylation sites is 1. The van der Waals surface area contributed by atoms with Crippen LogP contribution >= 0.6 is 11.3 Å². The molecule has 154 valence electrons. The number of carboxylic acid groups (broad SMARTS) is 2. The van der Waals surface area contributed by atoms with E-state index in [-0.39, 0.29) is 12.3 Å². The predicted molar refractivity (Wildman–Crippen MR) is 107 cm³/mol. The molecule has 1 aromatic carbocycles. The number of carbonyl (C=O) groups is 3. The van der Waals surface area contributed by atoms with Gasteiger partial charge in [0.25, 0.3) is 0 Å². The van der Waals surface area contributed by atoms with Crippen molar-refractivity contribution in [1.29, 1.82) is 0 Å². The number of amides is 1. The van der Waals surface area contributed by atoms with Crippen LogP contribution in [0.25, 0.3) is 0 Å². The van der Waals surface area contributed by atoms with Crippen molar-refractivity contribution in [1.82, 2.24) is 4.90 Å². The first-order valence-corrected chi connectivity index (χ1v) is 10.3. The Kier molecular flexibility index (Phi) is 6.53. The summed E-state index contributed by atoms with van der Waals surface area (Å²) < 4.78 is 5.80. The van der Waals surface area contributed by atoms with Crippen LogP contribution in [-0.4, -0.2) is 39.5 Å². The number of benzene rings is 1. The Labute approximate surface area is 172 Å². The highest BCUT2D eigenvalue weighted by atomic mass is 32.1. The summed E-state index contributed by atoms with van der Waals surface area (Å²) in [5.74, 6) is -4.92. The molecule has 0 bridgehead atoms. The lowest BCUT2D eigenvalue weighted by molar-refractivity contribution is -0.172. The van der Waals surface area contributed by atoms with E-state index in [9.17, 15) is 19.5 Å². The highest BCUT2D eigenvalue weighted by Crippen LogP contribution is 2.42. The molecule has 1 aliphatic rings. The first-order valence-electron chi connectivity index (χ1n) is 9.46. The highest BCUT2D eigenvalue weighted by Gasteiger charge is 2.54. The minimum Gasteiger partial charge on any atom is -0.481 e. The van der Waals surface area contributed by atoms with E-state index in [4.69, 9.17) is 9.84 Å². The molecule has 7 nitrogen and oxygen atoms in total. The maximum Gasteiger partial charge on any atom is 0.308 e. The first-order chi connectivity index (χ1) is 13.9. The summed E-state index contributed by atoms with van der Waals surface area (Å²) in [6.45, 7) is 2.76. The number of rotatable bonds is 9. The van der Waals surface area contributed by atoms with E-state index in [1.54, 1.807) is 4.90 Å². The van der Waals surface area contributed by atoms with Gasteiger partial charge in [0.15, 0.2) is 5.06 Å². The predicted octanol–water partition coefficient (Wildman–Crippen LogP) is 3.70. The van der Waals surface area contributed by atoms with Crippen LogP contribution in [0.5, 0.6) is 10.8 Å². The van der Waals surface area contributed by atoms with Crippen LogP contribution in [0.3, 0.4) is 0 Å². The third-order valence-electron chi connectivity index (χ3n) is 5.04. The van der Waals surface area contributed by atoms with E-state index in [1.807, 2.05) is 49.4 Å². The van der Waals surface area contributed by atoms with Gasteiger partial charge in [-0.15, -0.1) is 11.3 Å². The topological polar surface area (TPSA) is 104 Å². The summed E-state index contributed by atoms with van der Waals surface area (Å²) in [6, 6.07) is 13.1. The van der Waals surface area contributed by atoms with Crippen molar-refractivity contribution in [2.45, 2.75) is 26.3 Å². The number of nitrogens with zero attached hydrogens (tertiary/aromatic N) is 1. The number of aliphatic carboxylic acids is 2. The van der Waals surface area contributed by atoms with Crippen molar-refractivity contribution in [2.75, 3.05) is 6.54 Å². The monoisotopic (exact) mass is 417 g/mol. The summed E-state index contributed by atoms with van der Waals surface area (Å²) in [5, 5.41) is 19.2. The Morgan fingerprint density at radius 2 is 1.79 bits per heavy atom. The van der Waals surface area contributed by atoms with E-state index >= 15 is 0 Å². The van der Waals surface area contributed by atoms with Crippen molar-refractivity contribution >= 4 is 29.2 Å². The van der Waals surface area contributed by atoms with Crippen LogP contribution in [0.1, 0.15) is 24.6 Å². The van der Waals surface area contributed by atoms with Gasteiger partial charge in [-0.05, 0) is 37.1 Å². The molecule has 1 saturated carbocycles. The molecular formula is C21H23NO6S. The second-order valence-electron chi connectivity index (χ2n) is 7.05. The van der Waals surface area contributed by atoms with Gasteiger partial charge >= 0.3 is 11.9 Å². The lowest BCUT2D eigenvalue weighted by Gasteiger charge is -2.40. The molecule has 2 aromatic rings. The summed E-state index contributed by atoms with van der Waals surface area (Å²) >= 11 is 1.42. The second kappa shape index (κ2) is 9.09. The first kappa shape index (κ1) is 20.9. The van der Waals surface area contributed by atoms with E-state index in [1.165, 1.54) is 11.3 Å². The number of thiophene rings is 1. The zero-order chi connectivity index (χ0) is 21.0. The molecule has 3 rings (SSSR count). The molecule has 1 fully saturated rings. The fourth-order valence-electron chi connectivity index (χ4n) is 3.57. The zero-order valence-electron chi connectivity index (χ0n) is 16.0. The van der Waals surface area contributed by atoms with Gasteiger partial charge in [-0.25, -0.2) is 0 Å². The maximum absolute atomic E-state index is 12.9. The molecule has 1 heterocycles. The Balaban J connectivity index is 1.68. The van der Waals surface area contributed by atoms with Crippen LogP contribution in [0.2, 0.25) is 0 Å². The molecule has 1 amide bonds. The van der Waals surface area contributed by atoms with E-state index in [0.717, 1.165) is 17.0 Å². The van der Waals surface area contributed by atoms with Crippen LogP contribution in [0.15, 0.2) is 42.5 Å². The Morgan fingerprint density at radius 1 is 1.07 bits per heavy atom. The summed E-state index contributed by atoms with van der Waals surface area (Å²) in [6.07, 6.45) is 0.787. The van der Waals surface area contributed by atoms with Crippen LogP contribution in [-0.2, 0) is 20.9 Å². The van der Waals surface area contributed by atoms with Crippen LogP contribution in [0, 0.1) is 17.8 Å². The van der Waals surface area contributed by atoms with E-state index in [0.29, 0.717) is 18.2 Å². The van der Waals surface area contributed by atoms with E-state index in [2.05, 4.69) is 0 Å². The molecule has 1 aliphatic carbocycles. The van der Waals surface area contributed by atoms with Gasteiger partial charge in [0.2, 0.25) is 5.91 Å². The Morgan fingerprint density at radius 3 is 2.41 bits per heavy atom. The van der Waals surface area contributed by atoms with Gasteiger partial charge in [0, 0.05) is 11.4 Å². The maximum atomic E-state index is 12.9. The third kappa shape index (κ3) is 4.76. The van der Waals surface area contributed by atoms with Crippen molar-refractivity contribution in [3.63, 3.8) is 0 Å². The average Bonchev–Trinajstić information content (AvgIpc) is 3.07.